The van der Waals surface area contributed by atoms with Gasteiger partial charge in [-0.25, -0.2) is 5.43 Å². The van der Waals surface area contributed by atoms with Crippen LogP contribution in [0.2, 0.25) is 0 Å². The van der Waals surface area contributed by atoms with Crippen molar-refractivity contribution in [2.24, 2.45) is 5.10 Å². The number of rotatable bonds is 8. The van der Waals surface area contributed by atoms with Gasteiger partial charge in [-0.05, 0) is 60.0 Å². The Bertz CT molecular complexity index is 773. The van der Waals surface area contributed by atoms with Crippen LogP contribution in [0.15, 0.2) is 46.0 Å². The van der Waals surface area contributed by atoms with Crippen molar-refractivity contribution in [2.75, 3.05) is 13.2 Å². The third-order valence-electron chi connectivity index (χ3n) is 3.51. The van der Waals surface area contributed by atoms with Crippen molar-refractivity contribution in [2.45, 2.75) is 27.2 Å². The molecule has 5 nitrogen and oxygen atoms in total. The number of carbonyl (C=O) groups is 1. The minimum absolute atomic E-state index is 0.167. The van der Waals surface area contributed by atoms with E-state index in [1.165, 1.54) is 5.56 Å². The predicted molar refractivity (Wildman–Crippen MR) is 107 cm³/mol. The van der Waals surface area contributed by atoms with Gasteiger partial charge in [0.1, 0.15) is 0 Å². The van der Waals surface area contributed by atoms with Gasteiger partial charge in [0.2, 0.25) is 5.91 Å². The zero-order valence-corrected chi connectivity index (χ0v) is 16.8. The van der Waals surface area contributed by atoms with Gasteiger partial charge >= 0.3 is 0 Å². The average Bonchev–Trinajstić information content (AvgIpc) is 2.60. The second kappa shape index (κ2) is 9.97. The number of hydrazone groups is 1. The molecule has 0 atom stereocenters. The van der Waals surface area contributed by atoms with Crippen LogP contribution < -0.4 is 14.9 Å². The maximum Gasteiger partial charge on any atom is 0.244 e. The van der Waals surface area contributed by atoms with E-state index in [-0.39, 0.29) is 12.3 Å². The van der Waals surface area contributed by atoms with E-state index in [0.29, 0.717) is 24.7 Å². The molecular weight excluding hydrogens is 396 g/mol. The van der Waals surface area contributed by atoms with E-state index in [0.717, 1.165) is 15.6 Å². The van der Waals surface area contributed by atoms with E-state index >= 15 is 0 Å². The van der Waals surface area contributed by atoms with Crippen molar-refractivity contribution in [1.29, 1.82) is 0 Å². The Morgan fingerprint density at radius 1 is 1.15 bits per heavy atom. The molecule has 1 N–H and O–H groups in total. The van der Waals surface area contributed by atoms with Crippen LogP contribution in [-0.4, -0.2) is 25.3 Å². The van der Waals surface area contributed by atoms with Gasteiger partial charge in [-0.15, -0.1) is 0 Å². The summed E-state index contributed by atoms with van der Waals surface area (Å²) in [5.41, 5.74) is 5.45. The van der Waals surface area contributed by atoms with E-state index in [1.807, 2.05) is 57.2 Å². The quantitative estimate of drug-likeness (QED) is 0.514. The van der Waals surface area contributed by atoms with E-state index in [1.54, 1.807) is 6.21 Å². The number of amides is 1. The molecule has 0 unspecified atom stereocenters. The zero-order chi connectivity index (χ0) is 18.9. The Kier molecular flexibility index (Phi) is 7.66. The number of halogens is 1. The lowest BCUT2D eigenvalue weighted by Crippen LogP contribution is -2.19. The van der Waals surface area contributed by atoms with E-state index in [2.05, 4.69) is 26.5 Å². The highest BCUT2D eigenvalue weighted by molar-refractivity contribution is 9.10. The molecule has 0 aromatic heterocycles. The van der Waals surface area contributed by atoms with Gasteiger partial charge < -0.3 is 9.47 Å². The molecule has 0 aliphatic carbocycles. The monoisotopic (exact) mass is 418 g/mol. The largest absolute Gasteiger partial charge is 0.490 e. The lowest BCUT2D eigenvalue weighted by Gasteiger charge is -2.13. The van der Waals surface area contributed by atoms with Gasteiger partial charge in [-0.3, -0.25) is 4.79 Å². The molecule has 0 radical (unpaired) electrons. The minimum atomic E-state index is -0.167. The summed E-state index contributed by atoms with van der Waals surface area (Å²) < 4.78 is 12.0. The summed E-state index contributed by atoms with van der Waals surface area (Å²) in [6, 6.07) is 11.5. The van der Waals surface area contributed by atoms with Crippen LogP contribution in [0.1, 0.15) is 30.5 Å². The molecule has 0 aliphatic rings. The smallest absolute Gasteiger partial charge is 0.244 e. The van der Waals surface area contributed by atoms with Crippen LogP contribution in [-0.2, 0) is 11.2 Å². The van der Waals surface area contributed by atoms with Crippen LogP contribution in [0.4, 0.5) is 0 Å². The van der Waals surface area contributed by atoms with Crippen LogP contribution in [0, 0.1) is 6.92 Å². The molecular formula is C20H23BrN2O3. The summed E-state index contributed by atoms with van der Waals surface area (Å²) in [5, 5.41) is 4.03. The number of hydrogen-bond acceptors (Lipinski definition) is 4. The number of nitrogens with zero attached hydrogens (tertiary/aromatic N) is 1. The van der Waals surface area contributed by atoms with Crippen molar-refractivity contribution < 1.29 is 14.3 Å². The van der Waals surface area contributed by atoms with Gasteiger partial charge in [0.15, 0.2) is 11.5 Å². The molecule has 2 aromatic carbocycles. The van der Waals surface area contributed by atoms with Gasteiger partial charge in [-0.2, -0.15) is 5.10 Å². The van der Waals surface area contributed by atoms with E-state index in [9.17, 15) is 4.79 Å². The summed E-state index contributed by atoms with van der Waals surface area (Å²) in [5.74, 6) is 1.13. The Morgan fingerprint density at radius 2 is 1.85 bits per heavy atom. The number of nitrogens with one attached hydrogen (secondary N) is 1. The fourth-order valence-corrected chi connectivity index (χ4v) is 2.89. The highest BCUT2D eigenvalue weighted by atomic mass is 79.9. The predicted octanol–water partition coefficient (Wildman–Crippen LogP) is 4.25. The molecule has 0 saturated carbocycles. The van der Waals surface area contributed by atoms with Crippen LogP contribution in [0.3, 0.4) is 0 Å². The highest BCUT2D eigenvalue weighted by Gasteiger charge is 2.11. The lowest BCUT2D eigenvalue weighted by molar-refractivity contribution is -0.120. The SMILES string of the molecule is CCOc1cc(/C=N/NC(=O)Cc2ccc(C)cc2)cc(Br)c1OCC. The first-order valence-corrected chi connectivity index (χ1v) is 9.29. The first-order chi connectivity index (χ1) is 12.5. The first-order valence-electron chi connectivity index (χ1n) is 8.50. The Labute approximate surface area is 162 Å². The fraction of sp³-hybridized carbons (Fsp3) is 0.300. The molecule has 2 aromatic rings. The molecule has 0 aliphatic heterocycles. The fourth-order valence-electron chi connectivity index (χ4n) is 2.32. The van der Waals surface area contributed by atoms with Gasteiger partial charge in [-0.1, -0.05) is 29.8 Å². The molecule has 6 heteroatoms. The highest BCUT2D eigenvalue weighted by Crippen LogP contribution is 2.36. The topological polar surface area (TPSA) is 59.9 Å². The summed E-state index contributed by atoms with van der Waals surface area (Å²) in [6.45, 7) is 6.91. The van der Waals surface area contributed by atoms with Crippen molar-refractivity contribution in [3.05, 3.63) is 57.6 Å². The molecule has 0 spiro atoms. The molecule has 138 valence electrons. The maximum absolute atomic E-state index is 12.0. The molecule has 0 saturated heterocycles. The Hall–Kier alpha value is -2.34. The van der Waals surface area contributed by atoms with Crippen molar-refractivity contribution >= 4 is 28.1 Å². The zero-order valence-electron chi connectivity index (χ0n) is 15.2. The maximum atomic E-state index is 12.0. The third kappa shape index (κ3) is 5.88. The summed E-state index contributed by atoms with van der Waals surface area (Å²) >= 11 is 3.49. The van der Waals surface area contributed by atoms with E-state index in [4.69, 9.17) is 9.47 Å². The average molecular weight is 419 g/mol. The molecule has 26 heavy (non-hydrogen) atoms. The molecule has 0 fully saturated rings. The number of hydrogen-bond donors (Lipinski definition) is 1. The molecule has 1 amide bonds. The van der Waals surface area contributed by atoms with Crippen molar-refractivity contribution in [3.63, 3.8) is 0 Å². The Morgan fingerprint density at radius 3 is 2.50 bits per heavy atom. The van der Waals surface area contributed by atoms with E-state index < -0.39 is 0 Å². The first kappa shape index (κ1) is 20.0. The number of aryl methyl sites for hydroxylation is 1. The number of ether oxygens (including phenoxy) is 2. The van der Waals surface area contributed by atoms with Crippen LogP contribution in [0.25, 0.3) is 0 Å². The second-order valence-corrected chi connectivity index (χ2v) is 6.51. The van der Waals surface area contributed by atoms with Crippen molar-refractivity contribution in [3.8, 4) is 11.5 Å². The van der Waals surface area contributed by atoms with Crippen LogP contribution >= 0.6 is 15.9 Å². The number of carbonyl (C=O) groups excluding carboxylic acids is 1. The van der Waals surface area contributed by atoms with Gasteiger partial charge in [0.25, 0.3) is 0 Å². The molecule has 0 heterocycles. The van der Waals surface area contributed by atoms with Crippen molar-refractivity contribution in [1.82, 2.24) is 5.43 Å². The summed E-state index contributed by atoms with van der Waals surface area (Å²) in [4.78, 5) is 12.0. The molecule has 0 bridgehead atoms. The van der Waals surface area contributed by atoms with Crippen LogP contribution in [0.5, 0.6) is 11.5 Å². The molecule has 2 rings (SSSR count). The normalized spacial score (nSPS) is 10.8. The number of benzene rings is 2. The minimum Gasteiger partial charge on any atom is -0.490 e. The van der Waals surface area contributed by atoms with Gasteiger partial charge in [0.05, 0.1) is 30.3 Å². The summed E-state index contributed by atoms with van der Waals surface area (Å²) in [6.07, 6.45) is 1.87. The lowest BCUT2D eigenvalue weighted by atomic mass is 10.1. The second-order valence-electron chi connectivity index (χ2n) is 5.65. The third-order valence-corrected chi connectivity index (χ3v) is 4.10. The standard InChI is InChI=1S/C20H23BrN2O3/c1-4-25-18-11-16(10-17(21)20(18)26-5-2)13-22-23-19(24)12-15-8-6-14(3)7-9-15/h6-11,13H,4-5,12H2,1-3H3,(H,23,24)/b22-13+. The Balaban J connectivity index is 2.02. The summed E-state index contributed by atoms with van der Waals surface area (Å²) in [7, 11) is 0. The van der Waals surface area contributed by atoms with Gasteiger partial charge in [0, 0.05) is 0 Å².